The SMILES string of the molecule is Cc1nc(-c2ccc(F)cc2)sc1C(=O)OCc1cc(=O)oc2cc(O)ccc12. The highest BCUT2D eigenvalue weighted by atomic mass is 32.1. The van der Waals surface area contributed by atoms with E-state index >= 15 is 0 Å². The number of nitrogens with zero attached hydrogens (tertiary/aromatic N) is 1. The quantitative estimate of drug-likeness (QED) is 0.395. The Morgan fingerprint density at radius 3 is 2.72 bits per heavy atom. The van der Waals surface area contributed by atoms with Crippen LogP contribution in [0.3, 0.4) is 0 Å². The number of thiazole rings is 1. The maximum Gasteiger partial charge on any atom is 0.350 e. The van der Waals surface area contributed by atoms with E-state index in [1.807, 2.05) is 0 Å². The van der Waals surface area contributed by atoms with E-state index in [1.165, 1.54) is 30.3 Å². The summed E-state index contributed by atoms with van der Waals surface area (Å²) in [6.07, 6.45) is 0. The van der Waals surface area contributed by atoms with E-state index in [0.717, 1.165) is 11.3 Å². The number of rotatable bonds is 4. The number of esters is 1. The number of carbonyl (C=O) groups excluding carboxylic acids is 1. The van der Waals surface area contributed by atoms with E-state index in [4.69, 9.17) is 9.15 Å². The molecule has 29 heavy (non-hydrogen) atoms. The van der Waals surface area contributed by atoms with Crippen LogP contribution >= 0.6 is 11.3 Å². The summed E-state index contributed by atoms with van der Waals surface area (Å²) in [7, 11) is 0. The van der Waals surface area contributed by atoms with Gasteiger partial charge in [-0.15, -0.1) is 11.3 Å². The van der Waals surface area contributed by atoms with Crippen LogP contribution in [0, 0.1) is 12.7 Å². The molecular formula is C21H14FNO5S. The molecule has 146 valence electrons. The summed E-state index contributed by atoms with van der Waals surface area (Å²) in [4.78, 5) is 29.0. The molecule has 2 aromatic carbocycles. The minimum Gasteiger partial charge on any atom is -0.508 e. The molecule has 0 aliphatic heterocycles. The van der Waals surface area contributed by atoms with Crippen molar-refractivity contribution < 1.29 is 23.4 Å². The zero-order valence-electron chi connectivity index (χ0n) is 15.1. The standard InChI is InChI=1S/C21H14FNO5S/c1-11-19(29-20(23-11)12-2-4-14(22)5-3-12)21(26)27-10-13-8-18(25)28-17-9-15(24)6-7-16(13)17/h2-9,24H,10H2,1H3. The normalized spacial score (nSPS) is 11.0. The maximum absolute atomic E-state index is 13.1. The molecule has 0 saturated heterocycles. The predicted octanol–water partition coefficient (Wildman–Crippen LogP) is 4.43. The van der Waals surface area contributed by atoms with Gasteiger partial charge in [-0.3, -0.25) is 0 Å². The number of ether oxygens (including phenoxy) is 1. The molecule has 2 aromatic heterocycles. The smallest absolute Gasteiger partial charge is 0.350 e. The second-order valence-corrected chi connectivity index (χ2v) is 7.29. The molecule has 4 aromatic rings. The first kappa shape index (κ1) is 18.8. The van der Waals surface area contributed by atoms with Gasteiger partial charge in [-0.25, -0.2) is 19.0 Å². The molecule has 2 heterocycles. The van der Waals surface area contributed by atoms with Crippen LogP contribution in [-0.4, -0.2) is 16.1 Å². The first-order valence-corrected chi connectivity index (χ1v) is 9.38. The highest BCUT2D eigenvalue weighted by Crippen LogP contribution is 2.29. The van der Waals surface area contributed by atoms with E-state index in [0.29, 0.717) is 32.1 Å². The largest absolute Gasteiger partial charge is 0.508 e. The molecule has 0 saturated carbocycles. The third kappa shape index (κ3) is 3.88. The van der Waals surface area contributed by atoms with Crippen LogP contribution in [-0.2, 0) is 11.3 Å². The molecule has 4 rings (SSSR count). The molecule has 0 bridgehead atoms. The lowest BCUT2D eigenvalue weighted by Gasteiger charge is -2.07. The van der Waals surface area contributed by atoms with Crippen molar-refractivity contribution in [3.63, 3.8) is 0 Å². The molecule has 8 heteroatoms. The summed E-state index contributed by atoms with van der Waals surface area (Å²) in [6, 6.07) is 11.4. The number of benzene rings is 2. The van der Waals surface area contributed by atoms with Gasteiger partial charge in [-0.2, -0.15) is 0 Å². The highest BCUT2D eigenvalue weighted by Gasteiger charge is 2.18. The number of carbonyl (C=O) groups is 1. The number of phenols is 1. The van der Waals surface area contributed by atoms with Crippen LogP contribution in [0.5, 0.6) is 5.75 Å². The third-order valence-electron chi connectivity index (χ3n) is 4.25. The van der Waals surface area contributed by atoms with Gasteiger partial charge in [0.15, 0.2) is 0 Å². The van der Waals surface area contributed by atoms with Crippen LogP contribution < -0.4 is 5.63 Å². The van der Waals surface area contributed by atoms with Gasteiger partial charge in [0, 0.05) is 28.6 Å². The van der Waals surface area contributed by atoms with E-state index in [1.54, 1.807) is 25.1 Å². The molecule has 6 nitrogen and oxygen atoms in total. The maximum atomic E-state index is 13.1. The minimum atomic E-state index is -0.610. The summed E-state index contributed by atoms with van der Waals surface area (Å²) in [6.45, 7) is 1.55. The van der Waals surface area contributed by atoms with E-state index < -0.39 is 11.6 Å². The van der Waals surface area contributed by atoms with Crippen LogP contribution in [0.2, 0.25) is 0 Å². The van der Waals surface area contributed by atoms with Crippen molar-refractivity contribution in [3.8, 4) is 16.3 Å². The van der Waals surface area contributed by atoms with Crippen molar-refractivity contribution in [3.05, 3.63) is 80.9 Å². The first-order chi connectivity index (χ1) is 13.9. The Labute approximate surface area is 167 Å². The number of aromatic hydroxyl groups is 1. The molecule has 0 spiro atoms. The molecule has 0 amide bonds. The lowest BCUT2D eigenvalue weighted by molar-refractivity contribution is 0.0478. The van der Waals surface area contributed by atoms with Crippen molar-refractivity contribution in [1.29, 1.82) is 0 Å². The number of hydrogen-bond donors (Lipinski definition) is 1. The Hall–Kier alpha value is -3.52. The highest BCUT2D eigenvalue weighted by molar-refractivity contribution is 7.17. The fourth-order valence-electron chi connectivity index (χ4n) is 2.85. The van der Waals surface area contributed by atoms with Gasteiger partial charge >= 0.3 is 11.6 Å². The summed E-state index contributed by atoms with van der Waals surface area (Å²) in [5.74, 6) is -0.966. The van der Waals surface area contributed by atoms with Gasteiger partial charge in [0.1, 0.15) is 33.6 Å². The third-order valence-corrected chi connectivity index (χ3v) is 5.43. The topological polar surface area (TPSA) is 89.6 Å². The van der Waals surface area contributed by atoms with Crippen molar-refractivity contribution >= 4 is 28.3 Å². The van der Waals surface area contributed by atoms with E-state index in [-0.39, 0.29) is 23.8 Å². The average Bonchev–Trinajstić information content (AvgIpc) is 3.07. The van der Waals surface area contributed by atoms with Crippen molar-refractivity contribution in [2.45, 2.75) is 13.5 Å². The Morgan fingerprint density at radius 1 is 1.21 bits per heavy atom. The molecule has 0 aliphatic carbocycles. The van der Waals surface area contributed by atoms with Gasteiger partial charge in [0.25, 0.3) is 0 Å². The average molecular weight is 411 g/mol. The Bertz CT molecular complexity index is 1280. The van der Waals surface area contributed by atoms with Crippen LogP contribution in [0.15, 0.2) is 57.7 Å². The zero-order chi connectivity index (χ0) is 20.5. The van der Waals surface area contributed by atoms with Gasteiger partial charge in [-0.05, 0) is 43.3 Å². The molecule has 0 atom stereocenters. The number of halogens is 1. The van der Waals surface area contributed by atoms with Crippen molar-refractivity contribution in [2.24, 2.45) is 0 Å². The van der Waals surface area contributed by atoms with Gasteiger partial charge in [-0.1, -0.05) is 0 Å². The second-order valence-electron chi connectivity index (χ2n) is 6.29. The Morgan fingerprint density at radius 2 is 1.97 bits per heavy atom. The van der Waals surface area contributed by atoms with Crippen molar-refractivity contribution in [1.82, 2.24) is 4.98 Å². The fraction of sp³-hybridized carbons (Fsp3) is 0.0952. The monoisotopic (exact) mass is 411 g/mol. The Balaban J connectivity index is 1.57. The van der Waals surface area contributed by atoms with Gasteiger partial charge < -0.3 is 14.3 Å². The lowest BCUT2D eigenvalue weighted by atomic mass is 10.1. The summed E-state index contributed by atoms with van der Waals surface area (Å²) in [5.41, 5.74) is 1.26. The van der Waals surface area contributed by atoms with Crippen LogP contribution in [0.25, 0.3) is 21.5 Å². The fourth-order valence-corrected chi connectivity index (χ4v) is 3.81. The molecule has 0 unspecified atom stereocenters. The number of phenolic OH excluding ortho intramolecular Hbond substituents is 1. The minimum absolute atomic E-state index is 0.0385. The molecular weight excluding hydrogens is 397 g/mol. The predicted molar refractivity (Wildman–Crippen MR) is 106 cm³/mol. The summed E-state index contributed by atoms with van der Waals surface area (Å²) >= 11 is 1.15. The number of aromatic nitrogens is 1. The molecule has 1 N–H and O–H groups in total. The zero-order valence-corrected chi connectivity index (χ0v) is 16.0. The van der Waals surface area contributed by atoms with Crippen LogP contribution in [0.4, 0.5) is 4.39 Å². The summed E-state index contributed by atoms with van der Waals surface area (Å²) < 4.78 is 23.6. The van der Waals surface area contributed by atoms with Crippen molar-refractivity contribution in [2.75, 3.05) is 0 Å². The van der Waals surface area contributed by atoms with E-state index in [9.17, 15) is 19.1 Å². The Kier molecular flexibility index (Phi) is 4.85. The molecule has 0 aliphatic rings. The molecule has 0 fully saturated rings. The summed E-state index contributed by atoms with van der Waals surface area (Å²) in [5, 5.41) is 10.7. The number of aryl methyl sites for hydroxylation is 1. The molecule has 0 radical (unpaired) electrons. The number of fused-ring (bicyclic) bond motifs is 1. The first-order valence-electron chi connectivity index (χ1n) is 8.57. The van der Waals surface area contributed by atoms with E-state index in [2.05, 4.69) is 4.98 Å². The van der Waals surface area contributed by atoms with Crippen LogP contribution in [0.1, 0.15) is 20.9 Å². The van der Waals surface area contributed by atoms with Gasteiger partial charge in [0.2, 0.25) is 0 Å². The van der Waals surface area contributed by atoms with Gasteiger partial charge in [0.05, 0.1) is 5.69 Å². The lowest BCUT2D eigenvalue weighted by Crippen LogP contribution is -2.07. The number of hydrogen-bond acceptors (Lipinski definition) is 7. The second kappa shape index (κ2) is 7.48.